The molecule has 0 spiro atoms. The summed E-state index contributed by atoms with van der Waals surface area (Å²) in [6, 6.07) is 0. The molecule has 1 saturated carbocycles. The van der Waals surface area contributed by atoms with Crippen LogP contribution in [0.3, 0.4) is 0 Å². The minimum atomic E-state index is -1.30. The van der Waals surface area contributed by atoms with Gasteiger partial charge in [-0.2, -0.15) is 0 Å². The SMILES string of the molecule is O=C(O)c1nccnc1N1C(=O)C2CCC(C2)C1=O. The number of rotatable bonds is 2. The molecular weight excluding hydrogens is 250 g/mol. The Balaban J connectivity index is 2.09. The van der Waals surface area contributed by atoms with Gasteiger partial charge >= 0.3 is 5.97 Å². The van der Waals surface area contributed by atoms with Crippen molar-refractivity contribution in [1.29, 1.82) is 0 Å². The summed E-state index contributed by atoms with van der Waals surface area (Å²) in [5.74, 6) is -2.59. The first-order valence-corrected chi connectivity index (χ1v) is 6.01. The number of amides is 2. The van der Waals surface area contributed by atoms with Gasteiger partial charge in [-0.05, 0) is 19.3 Å². The smallest absolute Gasteiger partial charge is 0.358 e. The Morgan fingerprint density at radius 3 is 2.32 bits per heavy atom. The molecule has 1 N–H and O–H groups in total. The lowest BCUT2D eigenvalue weighted by Crippen LogP contribution is -2.47. The van der Waals surface area contributed by atoms with Crippen LogP contribution in [-0.2, 0) is 9.59 Å². The fourth-order valence-corrected chi connectivity index (χ4v) is 2.76. The van der Waals surface area contributed by atoms with Crippen molar-refractivity contribution in [2.75, 3.05) is 4.90 Å². The van der Waals surface area contributed by atoms with Crippen LogP contribution >= 0.6 is 0 Å². The minimum Gasteiger partial charge on any atom is -0.476 e. The molecule has 2 unspecified atom stereocenters. The summed E-state index contributed by atoms with van der Waals surface area (Å²) in [5.41, 5.74) is -0.370. The van der Waals surface area contributed by atoms with E-state index in [4.69, 9.17) is 5.11 Å². The fraction of sp³-hybridized carbons (Fsp3) is 0.417. The zero-order chi connectivity index (χ0) is 13.6. The number of carbonyl (C=O) groups is 3. The molecule has 3 rings (SSSR count). The first kappa shape index (κ1) is 11.8. The van der Waals surface area contributed by atoms with E-state index in [0.29, 0.717) is 19.3 Å². The van der Waals surface area contributed by atoms with E-state index in [1.807, 2.05) is 0 Å². The summed E-state index contributed by atoms with van der Waals surface area (Å²) in [4.78, 5) is 44.0. The van der Waals surface area contributed by atoms with Crippen LogP contribution in [0.25, 0.3) is 0 Å². The number of carbonyl (C=O) groups excluding carboxylic acids is 2. The highest BCUT2D eigenvalue weighted by Gasteiger charge is 2.47. The van der Waals surface area contributed by atoms with Crippen LogP contribution in [0, 0.1) is 11.8 Å². The Kier molecular flexibility index (Phi) is 2.55. The molecule has 1 aliphatic heterocycles. The minimum absolute atomic E-state index is 0.165. The predicted octanol–water partition coefficient (Wildman–Crippen LogP) is 0.464. The Bertz CT molecular complexity index is 564. The number of piperidine rings is 1. The standard InChI is InChI=1S/C12H11N3O4/c16-10-6-1-2-7(5-6)11(17)15(10)9-8(12(18)19)13-3-4-14-9/h3-4,6-7H,1-2,5H2,(H,18,19). The van der Waals surface area contributed by atoms with Gasteiger partial charge in [0.15, 0.2) is 11.5 Å². The van der Waals surface area contributed by atoms with Crippen molar-refractivity contribution in [3.05, 3.63) is 18.1 Å². The van der Waals surface area contributed by atoms with Gasteiger partial charge in [0.2, 0.25) is 11.8 Å². The average molecular weight is 261 g/mol. The van der Waals surface area contributed by atoms with E-state index in [1.165, 1.54) is 12.4 Å². The molecule has 2 bridgehead atoms. The number of carboxylic acids is 1. The van der Waals surface area contributed by atoms with Crippen molar-refractivity contribution in [2.45, 2.75) is 19.3 Å². The van der Waals surface area contributed by atoms with Crippen LogP contribution in [0.15, 0.2) is 12.4 Å². The maximum Gasteiger partial charge on any atom is 0.358 e. The topological polar surface area (TPSA) is 100 Å². The number of hydrogen-bond donors (Lipinski definition) is 1. The van der Waals surface area contributed by atoms with Crippen LogP contribution in [-0.4, -0.2) is 32.9 Å². The van der Waals surface area contributed by atoms with E-state index >= 15 is 0 Å². The number of aromatic carboxylic acids is 1. The number of hydrogen-bond acceptors (Lipinski definition) is 5. The molecule has 2 amide bonds. The third-order valence-corrected chi connectivity index (χ3v) is 3.67. The third kappa shape index (κ3) is 1.69. The van der Waals surface area contributed by atoms with Gasteiger partial charge in [0.1, 0.15) is 0 Å². The lowest BCUT2D eigenvalue weighted by atomic mass is 9.97. The number of aromatic nitrogens is 2. The molecule has 2 heterocycles. The van der Waals surface area contributed by atoms with Gasteiger partial charge in [-0.25, -0.2) is 19.7 Å². The summed E-state index contributed by atoms with van der Waals surface area (Å²) in [6.07, 6.45) is 4.42. The summed E-state index contributed by atoms with van der Waals surface area (Å²) in [6.45, 7) is 0. The lowest BCUT2D eigenvalue weighted by molar-refractivity contribution is -0.133. The monoisotopic (exact) mass is 261 g/mol. The Morgan fingerprint density at radius 1 is 1.16 bits per heavy atom. The number of imide groups is 1. The summed E-state index contributed by atoms with van der Waals surface area (Å²) in [5, 5.41) is 9.06. The molecule has 19 heavy (non-hydrogen) atoms. The molecule has 0 aromatic carbocycles. The third-order valence-electron chi connectivity index (χ3n) is 3.67. The molecule has 1 aliphatic carbocycles. The van der Waals surface area contributed by atoms with Crippen LogP contribution < -0.4 is 4.90 Å². The lowest BCUT2D eigenvalue weighted by Gasteiger charge is -2.29. The molecule has 1 saturated heterocycles. The van der Waals surface area contributed by atoms with Crippen molar-refractivity contribution in [3.8, 4) is 0 Å². The first-order valence-electron chi connectivity index (χ1n) is 6.01. The van der Waals surface area contributed by atoms with Crippen LogP contribution in [0.2, 0.25) is 0 Å². The van der Waals surface area contributed by atoms with Gasteiger partial charge in [0.05, 0.1) is 0 Å². The molecule has 0 radical (unpaired) electrons. The van der Waals surface area contributed by atoms with Gasteiger partial charge in [-0.1, -0.05) is 0 Å². The Hall–Kier alpha value is -2.31. The van der Waals surface area contributed by atoms with E-state index in [-0.39, 0.29) is 35.2 Å². The normalized spacial score (nSPS) is 25.8. The first-order chi connectivity index (χ1) is 9.09. The molecule has 1 aromatic rings. The Morgan fingerprint density at radius 2 is 1.74 bits per heavy atom. The van der Waals surface area contributed by atoms with Crippen molar-refractivity contribution < 1.29 is 19.5 Å². The molecule has 2 aliphatic rings. The maximum atomic E-state index is 12.2. The van der Waals surface area contributed by atoms with Crippen LogP contribution in [0.1, 0.15) is 29.8 Å². The predicted molar refractivity (Wildman–Crippen MR) is 62.3 cm³/mol. The summed E-state index contributed by atoms with van der Waals surface area (Å²) < 4.78 is 0. The van der Waals surface area contributed by atoms with Gasteiger partial charge in [-0.15, -0.1) is 0 Å². The molecule has 7 nitrogen and oxygen atoms in total. The molecule has 7 heteroatoms. The van der Waals surface area contributed by atoms with Crippen LogP contribution in [0.4, 0.5) is 5.82 Å². The quantitative estimate of drug-likeness (QED) is 0.776. The van der Waals surface area contributed by atoms with Crippen LogP contribution in [0.5, 0.6) is 0 Å². The number of nitrogens with zero attached hydrogens (tertiary/aromatic N) is 3. The zero-order valence-electron chi connectivity index (χ0n) is 9.94. The highest BCUT2D eigenvalue weighted by Crippen LogP contribution is 2.39. The second-order valence-electron chi connectivity index (χ2n) is 4.75. The van der Waals surface area contributed by atoms with Gasteiger partial charge in [0, 0.05) is 24.2 Å². The van der Waals surface area contributed by atoms with Gasteiger partial charge < -0.3 is 5.11 Å². The van der Waals surface area contributed by atoms with Gasteiger partial charge in [-0.3, -0.25) is 9.59 Å². The maximum absolute atomic E-state index is 12.2. The molecule has 98 valence electrons. The van der Waals surface area contributed by atoms with Crippen molar-refractivity contribution >= 4 is 23.6 Å². The van der Waals surface area contributed by atoms with Crippen molar-refractivity contribution in [3.63, 3.8) is 0 Å². The van der Waals surface area contributed by atoms with E-state index in [2.05, 4.69) is 9.97 Å². The molecular formula is C12H11N3O4. The highest BCUT2D eigenvalue weighted by atomic mass is 16.4. The number of fused-ring (bicyclic) bond motifs is 2. The number of anilines is 1. The average Bonchev–Trinajstić information content (AvgIpc) is 2.84. The summed E-state index contributed by atoms with van der Waals surface area (Å²) >= 11 is 0. The van der Waals surface area contributed by atoms with Crippen molar-refractivity contribution in [2.24, 2.45) is 11.8 Å². The van der Waals surface area contributed by atoms with E-state index in [0.717, 1.165) is 4.90 Å². The van der Waals surface area contributed by atoms with Gasteiger partial charge in [0.25, 0.3) is 0 Å². The molecule has 1 aromatic heterocycles. The Labute approximate surface area is 108 Å². The second kappa shape index (κ2) is 4.11. The van der Waals surface area contributed by atoms with Crippen molar-refractivity contribution in [1.82, 2.24) is 9.97 Å². The zero-order valence-corrected chi connectivity index (χ0v) is 9.94. The molecule has 2 atom stereocenters. The fourth-order valence-electron chi connectivity index (χ4n) is 2.76. The second-order valence-corrected chi connectivity index (χ2v) is 4.75. The van der Waals surface area contributed by atoms with E-state index < -0.39 is 5.97 Å². The number of carboxylic acid groups (broad SMARTS) is 1. The molecule has 2 fully saturated rings. The summed E-state index contributed by atoms with van der Waals surface area (Å²) in [7, 11) is 0. The largest absolute Gasteiger partial charge is 0.476 e. The van der Waals surface area contributed by atoms with E-state index in [9.17, 15) is 14.4 Å². The highest BCUT2D eigenvalue weighted by molar-refractivity contribution is 6.19. The van der Waals surface area contributed by atoms with E-state index in [1.54, 1.807) is 0 Å².